The number of para-hydroxylation sites is 1. The summed E-state index contributed by atoms with van der Waals surface area (Å²) in [5.41, 5.74) is 4.60. The van der Waals surface area contributed by atoms with Crippen molar-refractivity contribution in [3.8, 4) is 5.69 Å². The maximum Gasteiger partial charge on any atom is 0.0977 e. The highest BCUT2D eigenvalue weighted by atomic mass is 32.1. The third-order valence-corrected chi connectivity index (χ3v) is 6.25. The van der Waals surface area contributed by atoms with Gasteiger partial charge in [-0.2, -0.15) is 0 Å². The number of rotatable bonds is 1. The highest BCUT2D eigenvalue weighted by molar-refractivity contribution is 7.26. The van der Waals surface area contributed by atoms with Crippen LogP contribution in [0.25, 0.3) is 47.8 Å². The summed E-state index contributed by atoms with van der Waals surface area (Å²) in [6, 6.07) is 27.9. The molecule has 0 amide bonds. The highest BCUT2D eigenvalue weighted by Gasteiger charge is 2.17. The predicted octanol–water partition coefficient (Wildman–Crippen LogP) is 6.55. The van der Waals surface area contributed by atoms with E-state index in [4.69, 9.17) is 4.98 Å². The molecule has 26 heavy (non-hydrogen) atoms. The minimum Gasteiger partial charge on any atom is -0.308 e. The van der Waals surface area contributed by atoms with Crippen LogP contribution in [0.2, 0.25) is 0 Å². The summed E-state index contributed by atoms with van der Waals surface area (Å²) in [6.07, 6.45) is 1.89. The molecule has 0 aliphatic rings. The first-order valence-electron chi connectivity index (χ1n) is 8.66. The molecule has 0 spiro atoms. The minimum absolute atomic E-state index is 1.07. The monoisotopic (exact) mass is 350 g/mol. The van der Waals surface area contributed by atoms with Crippen LogP contribution in [0, 0.1) is 0 Å². The maximum absolute atomic E-state index is 4.76. The fourth-order valence-electron chi connectivity index (χ4n) is 3.95. The average Bonchev–Trinajstić information content (AvgIpc) is 3.24. The Morgan fingerprint density at radius 2 is 1.54 bits per heavy atom. The molecule has 3 aromatic carbocycles. The van der Waals surface area contributed by atoms with Crippen LogP contribution < -0.4 is 0 Å². The molecule has 0 aliphatic carbocycles. The second kappa shape index (κ2) is 5.16. The van der Waals surface area contributed by atoms with Crippen molar-refractivity contribution in [3.63, 3.8) is 0 Å². The Labute approximate surface area is 153 Å². The summed E-state index contributed by atoms with van der Waals surface area (Å²) >= 11 is 1.86. The van der Waals surface area contributed by atoms with E-state index in [0.717, 1.165) is 11.0 Å². The van der Waals surface area contributed by atoms with Crippen LogP contribution in [0.1, 0.15) is 0 Å². The summed E-state index contributed by atoms with van der Waals surface area (Å²) in [5, 5.41) is 3.89. The Bertz CT molecular complexity index is 1420. The van der Waals surface area contributed by atoms with E-state index in [1.54, 1.807) is 0 Å². The van der Waals surface area contributed by atoms with Crippen molar-refractivity contribution in [1.29, 1.82) is 0 Å². The van der Waals surface area contributed by atoms with Gasteiger partial charge in [0.1, 0.15) is 0 Å². The SMILES string of the molecule is c1ccc(-n2c3cccnc3c3c4sc5ccccc5c4ccc32)cc1. The van der Waals surface area contributed by atoms with Gasteiger partial charge in [-0.05, 0) is 36.4 Å². The third kappa shape index (κ3) is 1.78. The fourth-order valence-corrected chi connectivity index (χ4v) is 5.19. The topological polar surface area (TPSA) is 17.8 Å². The fraction of sp³-hybridized carbons (Fsp3) is 0. The predicted molar refractivity (Wildman–Crippen MR) is 111 cm³/mol. The lowest BCUT2D eigenvalue weighted by Gasteiger charge is -2.06. The van der Waals surface area contributed by atoms with Gasteiger partial charge >= 0.3 is 0 Å². The van der Waals surface area contributed by atoms with Gasteiger partial charge in [-0.1, -0.05) is 42.5 Å². The van der Waals surface area contributed by atoms with Crippen molar-refractivity contribution in [1.82, 2.24) is 9.55 Å². The van der Waals surface area contributed by atoms with Crippen molar-refractivity contribution in [3.05, 3.63) is 85.1 Å². The smallest absolute Gasteiger partial charge is 0.0977 e. The summed E-state index contributed by atoms with van der Waals surface area (Å²) < 4.78 is 4.97. The highest BCUT2D eigenvalue weighted by Crippen LogP contribution is 2.42. The largest absolute Gasteiger partial charge is 0.308 e. The molecule has 0 N–H and O–H groups in total. The number of pyridine rings is 1. The Kier molecular flexibility index (Phi) is 2.79. The van der Waals surface area contributed by atoms with Gasteiger partial charge in [-0.15, -0.1) is 11.3 Å². The molecule has 3 heteroatoms. The van der Waals surface area contributed by atoms with E-state index in [1.165, 1.54) is 36.8 Å². The molecule has 3 aromatic heterocycles. The second-order valence-electron chi connectivity index (χ2n) is 6.48. The molecule has 6 aromatic rings. The molecule has 0 bridgehead atoms. The lowest BCUT2D eigenvalue weighted by Crippen LogP contribution is -1.92. The van der Waals surface area contributed by atoms with Gasteiger partial charge in [-0.3, -0.25) is 4.98 Å². The number of nitrogens with zero attached hydrogens (tertiary/aromatic N) is 2. The van der Waals surface area contributed by atoms with Crippen LogP contribution in [0.5, 0.6) is 0 Å². The number of aromatic nitrogens is 2. The molecule has 0 fully saturated rings. The third-order valence-electron chi connectivity index (χ3n) is 5.04. The summed E-state index contributed by atoms with van der Waals surface area (Å²) in [6.45, 7) is 0. The van der Waals surface area contributed by atoms with Gasteiger partial charge in [0.25, 0.3) is 0 Å². The zero-order valence-corrected chi connectivity index (χ0v) is 14.7. The molecule has 6 rings (SSSR count). The van der Waals surface area contributed by atoms with Gasteiger partial charge in [0, 0.05) is 37.4 Å². The first-order valence-corrected chi connectivity index (χ1v) is 9.48. The zero-order valence-electron chi connectivity index (χ0n) is 13.9. The van der Waals surface area contributed by atoms with Crippen LogP contribution in [-0.2, 0) is 0 Å². The Balaban J connectivity index is 1.89. The first-order chi connectivity index (χ1) is 12.9. The van der Waals surface area contributed by atoms with Gasteiger partial charge in [-0.25, -0.2) is 0 Å². The van der Waals surface area contributed by atoms with Crippen LogP contribution in [0.15, 0.2) is 85.1 Å². The number of benzene rings is 3. The second-order valence-corrected chi connectivity index (χ2v) is 7.53. The van der Waals surface area contributed by atoms with Gasteiger partial charge in [0.2, 0.25) is 0 Å². The lowest BCUT2D eigenvalue weighted by molar-refractivity contribution is 1.18. The van der Waals surface area contributed by atoms with E-state index in [2.05, 4.69) is 77.4 Å². The molecule has 2 nitrogen and oxygen atoms in total. The first kappa shape index (κ1) is 14.0. The summed E-state index contributed by atoms with van der Waals surface area (Å²) in [7, 11) is 0. The standard InChI is InChI=1S/C23H14N2S/c1-2-7-15(8-3-1)25-18-13-12-17-16-9-4-5-11-20(16)26-23(17)21(18)22-19(25)10-6-14-24-22/h1-14H. The van der Waals surface area contributed by atoms with Crippen LogP contribution in [0.4, 0.5) is 0 Å². The molecule has 0 unspecified atom stereocenters. The molecule has 0 saturated carbocycles. The van der Waals surface area contributed by atoms with Gasteiger partial charge in [0.15, 0.2) is 0 Å². The van der Waals surface area contributed by atoms with E-state index in [0.29, 0.717) is 0 Å². The van der Waals surface area contributed by atoms with Crippen LogP contribution >= 0.6 is 11.3 Å². The van der Waals surface area contributed by atoms with Crippen LogP contribution in [-0.4, -0.2) is 9.55 Å². The average molecular weight is 350 g/mol. The maximum atomic E-state index is 4.76. The molecule has 0 aliphatic heterocycles. The van der Waals surface area contributed by atoms with Crippen molar-refractivity contribution < 1.29 is 0 Å². The molecule has 122 valence electrons. The lowest BCUT2D eigenvalue weighted by atomic mass is 10.1. The summed E-state index contributed by atoms with van der Waals surface area (Å²) in [4.78, 5) is 4.76. The molecule has 0 radical (unpaired) electrons. The van der Waals surface area contributed by atoms with Crippen LogP contribution in [0.3, 0.4) is 0 Å². The Morgan fingerprint density at radius 1 is 0.692 bits per heavy atom. The van der Waals surface area contributed by atoms with E-state index in [9.17, 15) is 0 Å². The number of hydrogen-bond donors (Lipinski definition) is 0. The summed E-state index contributed by atoms with van der Waals surface area (Å²) in [5.74, 6) is 0. The molecule has 0 saturated heterocycles. The van der Waals surface area contributed by atoms with Crippen molar-refractivity contribution in [2.75, 3.05) is 0 Å². The van der Waals surface area contributed by atoms with E-state index >= 15 is 0 Å². The Hall–Kier alpha value is -3.17. The number of hydrogen-bond acceptors (Lipinski definition) is 2. The van der Waals surface area contributed by atoms with E-state index < -0.39 is 0 Å². The molecule has 0 atom stereocenters. The molecular weight excluding hydrogens is 336 g/mol. The number of fused-ring (bicyclic) bond motifs is 7. The number of thiophene rings is 1. The quantitative estimate of drug-likeness (QED) is 0.329. The van der Waals surface area contributed by atoms with E-state index in [-0.39, 0.29) is 0 Å². The van der Waals surface area contributed by atoms with Crippen molar-refractivity contribution in [2.45, 2.75) is 0 Å². The molecular formula is C23H14N2S. The zero-order chi connectivity index (χ0) is 17.1. The van der Waals surface area contributed by atoms with Crippen molar-refractivity contribution >= 4 is 53.4 Å². The van der Waals surface area contributed by atoms with Gasteiger partial charge < -0.3 is 4.57 Å². The van der Waals surface area contributed by atoms with E-state index in [1.807, 2.05) is 23.6 Å². The van der Waals surface area contributed by atoms with Gasteiger partial charge in [0.05, 0.1) is 16.6 Å². The Morgan fingerprint density at radius 3 is 2.46 bits per heavy atom. The minimum atomic E-state index is 1.07. The normalized spacial score (nSPS) is 11.8. The molecule has 3 heterocycles. The van der Waals surface area contributed by atoms with Crippen molar-refractivity contribution in [2.24, 2.45) is 0 Å².